The molecule has 0 aliphatic heterocycles. The minimum absolute atomic E-state index is 0. The van der Waals surface area contributed by atoms with Crippen molar-refractivity contribution in [2.75, 3.05) is 5.73 Å². The van der Waals surface area contributed by atoms with Crippen molar-refractivity contribution in [3.8, 4) is 5.75 Å². The van der Waals surface area contributed by atoms with Crippen LogP contribution in [0.25, 0.3) is 0 Å². The molecule has 8 heteroatoms. The summed E-state index contributed by atoms with van der Waals surface area (Å²) in [6, 6.07) is 1.95. The first kappa shape index (κ1) is 14.7. The molecule has 14 heavy (non-hydrogen) atoms. The molecule has 0 saturated heterocycles. The van der Waals surface area contributed by atoms with Crippen LogP contribution in [0.5, 0.6) is 5.75 Å². The maximum Gasteiger partial charge on any atom is 1.00 e. The smallest absolute Gasteiger partial charge is 0.870 e. The third-order valence-corrected chi connectivity index (χ3v) is 2.40. The van der Waals surface area contributed by atoms with E-state index in [1.807, 2.05) is 0 Å². The molecule has 0 atom stereocenters. The fourth-order valence-electron chi connectivity index (χ4n) is 0.780. The quantitative estimate of drug-likeness (QED) is 0.324. The molecule has 0 heterocycles. The molecule has 0 saturated carbocycles. The molecule has 72 valence electrons. The molecule has 0 aliphatic rings. The zero-order valence-corrected chi connectivity index (χ0v) is 11.9. The summed E-state index contributed by atoms with van der Waals surface area (Å²) in [5, 5.41) is 11.0. The van der Waals surface area contributed by atoms with Gasteiger partial charge in [0, 0.05) is 10.7 Å². The second-order valence-corrected chi connectivity index (χ2v) is 4.12. The molecule has 0 fully saturated rings. The van der Waals surface area contributed by atoms with E-state index in [1.165, 1.54) is 0 Å². The van der Waals surface area contributed by atoms with E-state index in [0.717, 1.165) is 12.1 Å². The Labute approximate surface area is 128 Å². The van der Waals surface area contributed by atoms with Gasteiger partial charge in [-0.15, -0.1) is 0 Å². The van der Waals surface area contributed by atoms with Crippen molar-refractivity contribution < 1.29 is 69.5 Å². The Morgan fingerprint density at radius 2 is 1.93 bits per heavy atom. The Morgan fingerprint density at radius 1 is 1.43 bits per heavy atom. The van der Waals surface area contributed by atoms with Crippen LogP contribution < -0.4 is 62.2 Å². The van der Waals surface area contributed by atoms with Gasteiger partial charge >= 0.3 is 51.4 Å². The van der Waals surface area contributed by atoms with Crippen LogP contribution >= 0.6 is 11.6 Å². The Kier molecular flexibility index (Phi) is 5.37. The molecule has 0 bridgehead atoms. The maximum atomic E-state index is 11.0. The van der Waals surface area contributed by atoms with Crippen molar-refractivity contribution in [1.29, 1.82) is 0 Å². The molecule has 0 aliphatic carbocycles. The summed E-state index contributed by atoms with van der Waals surface area (Å²) >= 11 is 5.43. The number of hydrogen-bond donors (Lipinski definition) is 2. The Bertz CT molecular complexity index is 447. The summed E-state index contributed by atoms with van der Waals surface area (Å²) in [5.41, 5.74) is 4.83. The minimum Gasteiger partial charge on any atom is -0.870 e. The number of nitrogen functional groups attached to an aromatic ring is 1. The predicted molar refractivity (Wildman–Crippen MR) is 45.1 cm³/mol. The standard InChI is InChI=1S/C6H6ClNO4S.K/c7-3-1-4(8)6(9)5(2-3)13(10,11)12;/h1-2,9H,8H2,(H,10,11,12);/q;+1/p-1. The molecular formula is C6H5ClKNO4S. The van der Waals surface area contributed by atoms with Crippen LogP contribution in [0.2, 0.25) is 5.02 Å². The Hall–Kier alpha value is 0.656. The van der Waals surface area contributed by atoms with Gasteiger partial charge in [-0.25, -0.2) is 0 Å². The summed E-state index contributed by atoms with van der Waals surface area (Å²) in [4.78, 5) is -0.808. The van der Waals surface area contributed by atoms with Crippen LogP contribution in [0.1, 0.15) is 0 Å². The molecule has 1 aromatic carbocycles. The molecule has 5 nitrogen and oxygen atoms in total. The topological polar surface area (TPSA) is 103 Å². The van der Waals surface area contributed by atoms with Crippen molar-refractivity contribution in [3.63, 3.8) is 0 Å². The van der Waals surface area contributed by atoms with Crippen LogP contribution in [-0.2, 0) is 10.1 Å². The van der Waals surface area contributed by atoms with E-state index in [-0.39, 0.29) is 62.1 Å². The average molecular weight is 262 g/mol. The van der Waals surface area contributed by atoms with Crippen LogP contribution in [0.4, 0.5) is 5.69 Å². The van der Waals surface area contributed by atoms with Crippen LogP contribution in [0, 0.1) is 0 Å². The van der Waals surface area contributed by atoms with Gasteiger partial charge in [0.2, 0.25) is 0 Å². The number of anilines is 1. The number of benzene rings is 1. The van der Waals surface area contributed by atoms with Gasteiger partial charge in [0.25, 0.3) is 10.1 Å². The predicted octanol–water partition coefficient (Wildman–Crippen LogP) is -2.75. The fourth-order valence-corrected chi connectivity index (χ4v) is 1.70. The average Bonchev–Trinajstić information content (AvgIpc) is 1.94. The van der Waals surface area contributed by atoms with Gasteiger partial charge in [0.1, 0.15) is 0 Å². The molecule has 0 amide bonds. The van der Waals surface area contributed by atoms with E-state index in [0.29, 0.717) is 0 Å². The SMILES string of the molecule is Nc1cc(Cl)cc(S(=O)(=O)O)c1[O-].[K+]. The van der Waals surface area contributed by atoms with E-state index in [4.69, 9.17) is 21.9 Å². The molecule has 0 radical (unpaired) electrons. The summed E-state index contributed by atoms with van der Waals surface area (Å²) in [6.45, 7) is 0. The minimum atomic E-state index is -4.56. The van der Waals surface area contributed by atoms with Gasteiger partial charge in [0.05, 0.1) is 4.90 Å². The van der Waals surface area contributed by atoms with Gasteiger partial charge < -0.3 is 10.8 Å². The van der Waals surface area contributed by atoms with Gasteiger partial charge in [-0.2, -0.15) is 8.42 Å². The van der Waals surface area contributed by atoms with Crippen LogP contribution in [-0.4, -0.2) is 13.0 Å². The third-order valence-electron chi connectivity index (χ3n) is 1.33. The van der Waals surface area contributed by atoms with E-state index >= 15 is 0 Å². The number of halogens is 1. The molecular weight excluding hydrogens is 257 g/mol. The molecule has 1 rings (SSSR count). The second kappa shape index (κ2) is 5.13. The van der Waals surface area contributed by atoms with E-state index < -0.39 is 20.8 Å². The van der Waals surface area contributed by atoms with Crippen molar-refractivity contribution in [3.05, 3.63) is 17.2 Å². The van der Waals surface area contributed by atoms with Crippen LogP contribution in [0.15, 0.2) is 17.0 Å². The van der Waals surface area contributed by atoms with E-state index in [9.17, 15) is 13.5 Å². The van der Waals surface area contributed by atoms with Crippen molar-refractivity contribution >= 4 is 27.4 Å². The van der Waals surface area contributed by atoms with Crippen molar-refractivity contribution in [2.45, 2.75) is 4.90 Å². The van der Waals surface area contributed by atoms with Gasteiger partial charge in [-0.1, -0.05) is 17.4 Å². The largest absolute Gasteiger partial charge is 1.00 e. The number of nitrogens with two attached hydrogens (primary N) is 1. The Morgan fingerprint density at radius 3 is 2.36 bits per heavy atom. The normalized spacial score (nSPS) is 10.7. The van der Waals surface area contributed by atoms with Crippen molar-refractivity contribution in [2.24, 2.45) is 0 Å². The number of hydrogen-bond acceptors (Lipinski definition) is 4. The van der Waals surface area contributed by atoms with E-state index in [2.05, 4.69) is 0 Å². The first-order valence-electron chi connectivity index (χ1n) is 3.06. The number of rotatable bonds is 1. The molecule has 0 spiro atoms. The second-order valence-electron chi connectivity index (χ2n) is 2.30. The maximum absolute atomic E-state index is 11.0. The monoisotopic (exact) mass is 261 g/mol. The molecule has 0 aromatic heterocycles. The van der Waals surface area contributed by atoms with Crippen LogP contribution in [0.3, 0.4) is 0 Å². The summed E-state index contributed by atoms with van der Waals surface area (Å²) in [6.07, 6.45) is 0. The fraction of sp³-hybridized carbons (Fsp3) is 0. The molecule has 3 N–H and O–H groups in total. The van der Waals surface area contributed by atoms with Crippen molar-refractivity contribution in [1.82, 2.24) is 0 Å². The van der Waals surface area contributed by atoms with Gasteiger partial charge in [-0.05, 0) is 12.1 Å². The first-order valence-corrected chi connectivity index (χ1v) is 4.87. The van der Waals surface area contributed by atoms with Gasteiger partial charge in [-0.3, -0.25) is 4.55 Å². The Balaban J connectivity index is 0.00000169. The summed E-state index contributed by atoms with van der Waals surface area (Å²) < 4.78 is 29.8. The molecule has 0 unspecified atom stereocenters. The third kappa shape index (κ3) is 3.35. The summed E-state index contributed by atoms with van der Waals surface area (Å²) in [7, 11) is -4.56. The zero-order valence-electron chi connectivity index (χ0n) is 7.19. The van der Waals surface area contributed by atoms with E-state index in [1.54, 1.807) is 0 Å². The van der Waals surface area contributed by atoms with Gasteiger partial charge in [0.15, 0.2) is 0 Å². The summed E-state index contributed by atoms with van der Waals surface area (Å²) in [5.74, 6) is -0.952. The molecule has 1 aromatic rings. The first-order chi connectivity index (χ1) is 5.82. The zero-order chi connectivity index (χ0) is 10.2.